The minimum Gasteiger partial charge on any atom is -0.314 e. The molecule has 1 N–H and O–H groups in total. The molecule has 33 heavy (non-hydrogen) atoms. The van der Waals surface area contributed by atoms with Gasteiger partial charge in [0.25, 0.3) is 0 Å². The average molecular weight is 438 g/mol. The molecule has 0 aliphatic rings. The number of hydrogen-bond donors (Lipinski definition) is 1. The van der Waals surface area contributed by atoms with Crippen LogP contribution in [0.25, 0.3) is 5.57 Å². The highest BCUT2D eigenvalue weighted by molar-refractivity contribution is 5.81. The summed E-state index contributed by atoms with van der Waals surface area (Å²) in [6, 6.07) is 31.1. The fourth-order valence-electron chi connectivity index (χ4n) is 4.13. The number of rotatable bonds is 12. The van der Waals surface area contributed by atoms with Gasteiger partial charge in [0.2, 0.25) is 0 Å². The number of carbonyl (C=O) groups excluding carboxylic acids is 1. The highest BCUT2D eigenvalue weighted by atomic mass is 16.1. The van der Waals surface area contributed by atoms with Gasteiger partial charge in [-0.05, 0) is 42.2 Å². The van der Waals surface area contributed by atoms with Crippen LogP contribution in [0.4, 0.5) is 0 Å². The van der Waals surface area contributed by atoms with E-state index in [0.717, 1.165) is 24.0 Å². The first-order chi connectivity index (χ1) is 16.1. The van der Waals surface area contributed by atoms with E-state index in [2.05, 4.69) is 72.6 Å². The third-order valence-electron chi connectivity index (χ3n) is 6.25. The number of hydrogen-bond acceptors (Lipinski definition) is 2. The largest absolute Gasteiger partial charge is 0.314 e. The molecule has 0 aliphatic heterocycles. The van der Waals surface area contributed by atoms with Gasteiger partial charge in [-0.25, -0.2) is 0 Å². The summed E-state index contributed by atoms with van der Waals surface area (Å²) in [5, 5.41) is 3.38. The maximum atomic E-state index is 12.8. The van der Waals surface area contributed by atoms with Crippen molar-refractivity contribution in [2.75, 3.05) is 7.05 Å². The smallest absolute Gasteiger partial charge is 0.136 e. The van der Waals surface area contributed by atoms with Gasteiger partial charge in [0.05, 0.1) is 0 Å². The number of benzene rings is 3. The Morgan fingerprint density at radius 3 is 2.06 bits per heavy atom. The van der Waals surface area contributed by atoms with E-state index in [1.807, 2.05) is 56.4 Å². The third kappa shape index (κ3) is 7.40. The lowest BCUT2D eigenvalue weighted by Gasteiger charge is -2.20. The van der Waals surface area contributed by atoms with Crippen LogP contribution in [-0.4, -0.2) is 18.9 Å². The van der Waals surface area contributed by atoms with E-state index in [-0.39, 0.29) is 17.9 Å². The van der Waals surface area contributed by atoms with Crippen molar-refractivity contribution in [3.63, 3.8) is 0 Å². The van der Waals surface area contributed by atoms with Crippen molar-refractivity contribution < 1.29 is 4.79 Å². The van der Waals surface area contributed by atoms with E-state index in [9.17, 15) is 4.79 Å². The monoisotopic (exact) mass is 437 g/mol. The number of Topliss-reactive ketones (excluding diaryl/α,β-unsaturated/α-hetero) is 1. The van der Waals surface area contributed by atoms with E-state index >= 15 is 0 Å². The minimum atomic E-state index is 0.00307. The molecule has 170 valence electrons. The molecule has 3 rings (SSSR count). The maximum Gasteiger partial charge on any atom is 0.136 e. The van der Waals surface area contributed by atoms with Crippen LogP contribution in [0.1, 0.15) is 42.4 Å². The van der Waals surface area contributed by atoms with Gasteiger partial charge in [0, 0.05) is 24.3 Å². The predicted octanol–water partition coefficient (Wildman–Crippen LogP) is 6.86. The molecule has 3 unspecified atom stereocenters. The zero-order chi connectivity index (χ0) is 23.5. The first-order valence-corrected chi connectivity index (χ1v) is 11.8. The Morgan fingerprint density at radius 2 is 1.45 bits per heavy atom. The summed E-state index contributed by atoms with van der Waals surface area (Å²) in [6.07, 6.45) is 6.60. The van der Waals surface area contributed by atoms with Crippen LogP contribution >= 0.6 is 0 Å². The molecule has 0 radical (unpaired) electrons. The second-order valence-corrected chi connectivity index (χ2v) is 8.65. The molecule has 2 heteroatoms. The third-order valence-corrected chi connectivity index (χ3v) is 6.25. The fourth-order valence-corrected chi connectivity index (χ4v) is 4.13. The second kappa shape index (κ2) is 12.7. The first-order valence-electron chi connectivity index (χ1n) is 11.8. The highest BCUT2D eigenvalue weighted by Gasteiger charge is 2.18. The lowest BCUT2D eigenvalue weighted by molar-refractivity contribution is -0.122. The van der Waals surface area contributed by atoms with Crippen molar-refractivity contribution in [1.29, 1.82) is 0 Å². The van der Waals surface area contributed by atoms with Gasteiger partial charge in [-0.1, -0.05) is 117 Å². The van der Waals surface area contributed by atoms with Crippen molar-refractivity contribution in [2.24, 2.45) is 5.92 Å². The zero-order valence-electron chi connectivity index (χ0n) is 19.8. The summed E-state index contributed by atoms with van der Waals surface area (Å²) in [6.45, 7) is 6.47. The molecule has 0 fully saturated rings. The number of likely N-dealkylation sites (N-methyl/N-ethyl adjacent to an activating group) is 1. The maximum absolute atomic E-state index is 12.8. The van der Waals surface area contributed by atoms with E-state index in [1.54, 1.807) is 0 Å². The standard InChI is InChI=1S/C31H35NO/c1-24(31(33)22-19-26-13-7-4-8-14-26)23-29(32-3)20-21-30(28-17-11-6-12-18-28)25(2)27-15-9-5-10-16-27/h4-18,20-21,24,29-30,32H,2,19,22-23H2,1,3H3. The van der Waals surface area contributed by atoms with Gasteiger partial charge in [0.1, 0.15) is 5.78 Å². The Morgan fingerprint density at radius 1 is 0.879 bits per heavy atom. The fraction of sp³-hybridized carbons (Fsp3) is 0.258. The van der Waals surface area contributed by atoms with Crippen LogP contribution in [0.15, 0.2) is 110 Å². The lowest BCUT2D eigenvalue weighted by Crippen LogP contribution is -2.28. The van der Waals surface area contributed by atoms with Crippen molar-refractivity contribution in [1.82, 2.24) is 5.32 Å². The number of carbonyl (C=O) groups is 1. The molecule has 0 amide bonds. The zero-order valence-corrected chi connectivity index (χ0v) is 19.8. The van der Waals surface area contributed by atoms with Crippen molar-refractivity contribution in [2.45, 2.75) is 38.1 Å². The summed E-state index contributed by atoms with van der Waals surface area (Å²) >= 11 is 0. The minimum absolute atomic E-state index is 0.00307. The molecule has 0 heterocycles. The van der Waals surface area contributed by atoms with Crippen LogP contribution in [-0.2, 0) is 11.2 Å². The summed E-state index contributed by atoms with van der Waals surface area (Å²) in [7, 11) is 1.96. The van der Waals surface area contributed by atoms with Gasteiger partial charge in [0.15, 0.2) is 0 Å². The molecule has 0 aromatic heterocycles. The van der Waals surface area contributed by atoms with E-state index in [1.165, 1.54) is 11.1 Å². The second-order valence-electron chi connectivity index (χ2n) is 8.65. The predicted molar refractivity (Wildman–Crippen MR) is 140 cm³/mol. The normalized spacial score (nSPS) is 14.0. The Kier molecular flexibility index (Phi) is 9.41. The lowest BCUT2D eigenvalue weighted by atomic mass is 9.86. The van der Waals surface area contributed by atoms with Crippen molar-refractivity contribution in [3.8, 4) is 0 Å². The molecule has 3 aromatic carbocycles. The summed E-state index contributed by atoms with van der Waals surface area (Å²) < 4.78 is 0. The van der Waals surface area contributed by atoms with Crippen molar-refractivity contribution in [3.05, 3.63) is 126 Å². The Labute approximate surface area is 199 Å². The number of allylic oxidation sites excluding steroid dienone is 2. The molecule has 3 atom stereocenters. The van der Waals surface area contributed by atoms with E-state index in [0.29, 0.717) is 12.2 Å². The molecule has 0 aliphatic carbocycles. The van der Waals surface area contributed by atoms with Gasteiger partial charge in [-0.2, -0.15) is 0 Å². The molecule has 0 saturated carbocycles. The highest BCUT2D eigenvalue weighted by Crippen LogP contribution is 2.32. The van der Waals surface area contributed by atoms with Crippen LogP contribution in [0, 0.1) is 5.92 Å². The SMILES string of the molecule is C=C(c1ccccc1)C(C=CC(CC(C)C(=O)CCc1ccccc1)NC)c1ccccc1. The van der Waals surface area contributed by atoms with Gasteiger partial charge in [-0.3, -0.25) is 4.79 Å². The van der Waals surface area contributed by atoms with Crippen LogP contribution in [0.2, 0.25) is 0 Å². The summed E-state index contributed by atoms with van der Waals surface area (Å²) in [5.41, 5.74) is 4.64. The molecular formula is C31H35NO. The Hall–Kier alpha value is -3.23. The number of nitrogens with one attached hydrogen (secondary N) is 1. The molecule has 0 bridgehead atoms. The average Bonchev–Trinajstić information content (AvgIpc) is 2.88. The van der Waals surface area contributed by atoms with Crippen LogP contribution < -0.4 is 5.32 Å². The molecule has 0 spiro atoms. The molecule has 3 aromatic rings. The number of ketones is 1. The Balaban J connectivity index is 1.67. The van der Waals surface area contributed by atoms with Crippen LogP contribution in [0.3, 0.4) is 0 Å². The quantitative estimate of drug-likeness (QED) is 0.314. The van der Waals surface area contributed by atoms with Crippen molar-refractivity contribution >= 4 is 11.4 Å². The number of aryl methyl sites for hydroxylation is 1. The van der Waals surface area contributed by atoms with Crippen LogP contribution in [0.5, 0.6) is 0 Å². The molecular weight excluding hydrogens is 402 g/mol. The summed E-state index contributed by atoms with van der Waals surface area (Å²) in [5.74, 6) is 0.401. The van der Waals surface area contributed by atoms with E-state index in [4.69, 9.17) is 0 Å². The first kappa shape index (κ1) is 24.4. The molecule has 0 saturated heterocycles. The Bertz CT molecular complexity index is 1020. The van der Waals surface area contributed by atoms with E-state index < -0.39 is 0 Å². The van der Waals surface area contributed by atoms with Gasteiger partial charge in [-0.15, -0.1) is 0 Å². The molecule has 2 nitrogen and oxygen atoms in total. The summed E-state index contributed by atoms with van der Waals surface area (Å²) in [4.78, 5) is 12.8. The van der Waals surface area contributed by atoms with Gasteiger partial charge >= 0.3 is 0 Å². The topological polar surface area (TPSA) is 29.1 Å². The van der Waals surface area contributed by atoms with Gasteiger partial charge < -0.3 is 5.32 Å².